The van der Waals surface area contributed by atoms with E-state index in [-0.39, 0.29) is 17.4 Å². The summed E-state index contributed by atoms with van der Waals surface area (Å²) in [5.74, 6) is 0.140. The van der Waals surface area contributed by atoms with Gasteiger partial charge in [0, 0.05) is 24.4 Å². The van der Waals surface area contributed by atoms with Gasteiger partial charge in [0.15, 0.2) is 11.9 Å². The molecule has 1 heterocycles. The number of hydrogen-bond donors (Lipinski definition) is 0. The highest BCUT2D eigenvalue weighted by Gasteiger charge is 2.69. The maximum atomic E-state index is 10.8. The van der Waals surface area contributed by atoms with Crippen LogP contribution in [0.5, 0.6) is 0 Å². The summed E-state index contributed by atoms with van der Waals surface area (Å²) in [5, 5.41) is 10.8. The average Bonchev–Trinajstić information content (AvgIpc) is 3.09. The molecular weight excluding hydrogens is 390 g/mol. The maximum Gasteiger partial charge on any atom is 0.180 e. The summed E-state index contributed by atoms with van der Waals surface area (Å²) < 4.78 is 25.4. The van der Waals surface area contributed by atoms with Gasteiger partial charge in [-0.1, -0.05) is 38.5 Å². The molecule has 4 rings (SSSR count). The molecule has 1 spiro atoms. The van der Waals surface area contributed by atoms with Crippen LogP contribution in [0.15, 0.2) is 23.3 Å². The van der Waals surface area contributed by atoms with E-state index < -0.39 is 22.9 Å². The van der Waals surface area contributed by atoms with Crippen molar-refractivity contribution in [3.63, 3.8) is 0 Å². The lowest BCUT2D eigenvalue weighted by Gasteiger charge is -2.61. The van der Waals surface area contributed by atoms with Crippen LogP contribution in [-0.2, 0) is 18.9 Å². The number of rotatable bonds is 4. The molecule has 0 aromatic carbocycles. The van der Waals surface area contributed by atoms with Crippen LogP contribution >= 0.6 is 0 Å². The Bertz CT molecular complexity index is 826. The van der Waals surface area contributed by atoms with Gasteiger partial charge in [0.05, 0.1) is 6.10 Å². The summed E-state index contributed by atoms with van der Waals surface area (Å²) in [5.41, 5.74) is 1.40. The van der Waals surface area contributed by atoms with Crippen LogP contribution in [0.25, 0.3) is 0 Å². The Morgan fingerprint density at radius 3 is 2.68 bits per heavy atom. The Kier molecular flexibility index (Phi) is 5.71. The van der Waals surface area contributed by atoms with E-state index in [2.05, 4.69) is 40.3 Å². The van der Waals surface area contributed by atoms with Crippen molar-refractivity contribution >= 4 is 0 Å². The summed E-state index contributed by atoms with van der Waals surface area (Å²) >= 11 is 0. The molecule has 5 heteroatoms. The highest BCUT2D eigenvalue weighted by Crippen LogP contribution is 2.66. The highest BCUT2D eigenvalue weighted by molar-refractivity contribution is 5.44. The van der Waals surface area contributed by atoms with Crippen molar-refractivity contribution < 1.29 is 18.9 Å². The van der Waals surface area contributed by atoms with Gasteiger partial charge in [-0.05, 0) is 63.9 Å². The Hall–Kier alpha value is -1.19. The van der Waals surface area contributed by atoms with Crippen molar-refractivity contribution in [3.05, 3.63) is 23.3 Å². The molecule has 0 aromatic heterocycles. The highest BCUT2D eigenvalue weighted by atomic mass is 16.7. The largest absolute Gasteiger partial charge is 0.353 e. The molecule has 2 unspecified atom stereocenters. The van der Waals surface area contributed by atoms with Crippen LogP contribution in [-0.4, -0.2) is 37.0 Å². The lowest BCUT2D eigenvalue weighted by molar-refractivity contribution is -0.206. The van der Waals surface area contributed by atoms with Gasteiger partial charge in [-0.3, -0.25) is 0 Å². The van der Waals surface area contributed by atoms with E-state index in [9.17, 15) is 5.26 Å². The first-order valence-corrected chi connectivity index (χ1v) is 11.9. The molecule has 2 bridgehead atoms. The van der Waals surface area contributed by atoms with Gasteiger partial charge in [0.25, 0.3) is 0 Å². The first-order chi connectivity index (χ1) is 14.6. The van der Waals surface area contributed by atoms with Crippen LogP contribution in [0.4, 0.5) is 0 Å². The Morgan fingerprint density at radius 1 is 1.26 bits per heavy atom. The summed E-state index contributed by atoms with van der Waals surface area (Å²) in [4.78, 5) is 0. The third kappa shape index (κ3) is 3.17. The number of allylic oxidation sites excluding steroid dienone is 1. The molecule has 6 atom stereocenters. The molecule has 3 aliphatic carbocycles. The van der Waals surface area contributed by atoms with Gasteiger partial charge in [0.1, 0.15) is 18.5 Å². The first-order valence-electron chi connectivity index (χ1n) is 11.9. The molecule has 1 aliphatic heterocycles. The predicted molar refractivity (Wildman–Crippen MR) is 119 cm³/mol. The SMILES string of the molecule is C=C1CCC[C@@]2(C)CC(C#N)(OC(C)OCC)C3=C(C)CC[C@]4(OCO[C@H]4[C@H]12)C3(C)C. The number of fused-ring (bicyclic) bond motifs is 3. The molecule has 2 saturated carbocycles. The van der Waals surface area contributed by atoms with E-state index in [1.54, 1.807) is 0 Å². The fourth-order valence-electron chi connectivity index (χ4n) is 7.68. The standard InChI is InChI=1S/C26H39NO4/c1-8-28-19(4)31-25(15-27)14-24(7)12-9-10-17(2)20(24)22-26(30-16-29-22)13-11-18(3)21(25)23(26,5)6/h19-20,22H,2,8-14,16H2,1,3-7H3/t19?,20-,22-,24-,25?,26+/m0/s1. The third-order valence-corrected chi connectivity index (χ3v) is 8.75. The average molecular weight is 430 g/mol. The number of hydrogen-bond acceptors (Lipinski definition) is 5. The summed E-state index contributed by atoms with van der Waals surface area (Å²) in [6, 6.07) is 2.68. The second-order valence-corrected chi connectivity index (χ2v) is 10.9. The van der Waals surface area contributed by atoms with Gasteiger partial charge < -0.3 is 18.9 Å². The fraction of sp³-hybridized carbons (Fsp3) is 0.808. The smallest absolute Gasteiger partial charge is 0.180 e. The zero-order valence-corrected chi connectivity index (χ0v) is 20.2. The van der Waals surface area contributed by atoms with Crippen LogP contribution in [0.1, 0.15) is 80.1 Å². The van der Waals surface area contributed by atoms with Crippen molar-refractivity contribution in [1.29, 1.82) is 5.26 Å². The van der Waals surface area contributed by atoms with Gasteiger partial charge in [-0.2, -0.15) is 5.26 Å². The third-order valence-electron chi connectivity index (χ3n) is 8.75. The minimum absolute atomic E-state index is 0.0515. The normalized spacial score (nSPS) is 42.8. The van der Waals surface area contributed by atoms with Crippen LogP contribution < -0.4 is 0 Å². The molecule has 0 N–H and O–H groups in total. The zero-order chi connectivity index (χ0) is 22.7. The van der Waals surface area contributed by atoms with Crippen LogP contribution in [0.3, 0.4) is 0 Å². The predicted octanol–water partition coefficient (Wildman–Crippen LogP) is 5.66. The second kappa shape index (κ2) is 7.70. The second-order valence-electron chi connectivity index (χ2n) is 10.9. The van der Waals surface area contributed by atoms with Gasteiger partial charge >= 0.3 is 0 Å². The molecule has 0 amide bonds. The van der Waals surface area contributed by atoms with Crippen molar-refractivity contribution in [2.45, 2.75) is 104 Å². The molecule has 1 saturated heterocycles. The minimum Gasteiger partial charge on any atom is -0.353 e. The molecular formula is C26H39NO4. The fourth-order valence-corrected chi connectivity index (χ4v) is 7.68. The van der Waals surface area contributed by atoms with E-state index in [0.29, 0.717) is 19.8 Å². The van der Waals surface area contributed by atoms with Crippen LogP contribution in [0.2, 0.25) is 0 Å². The van der Waals surface area contributed by atoms with Crippen LogP contribution in [0, 0.1) is 28.1 Å². The molecule has 4 aliphatic rings. The molecule has 3 fully saturated rings. The first kappa shape index (κ1) is 23.0. The zero-order valence-electron chi connectivity index (χ0n) is 20.2. The molecule has 0 aromatic rings. The number of nitrogens with zero attached hydrogens (tertiary/aromatic N) is 1. The van der Waals surface area contributed by atoms with Crippen molar-refractivity contribution in [1.82, 2.24) is 0 Å². The van der Waals surface area contributed by atoms with Crippen molar-refractivity contribution in [3.8, 4) is 6.07 Å². The van der Waals surface area contributed by atoms with E-state index in [1.807, 2.05) is 13.8 Å². The minimum atomic E-state index is -1.07. The molecule has 0 radical (unpaired) electrons. The number of nitriles is 1. The maximum absolute atomic E-state index is 10.8. The quantitative estimate of drug-likeness (QED) is 0.426. The lowest BCUT2D eigenvalue weighted by Crippen LogP contribution is -2.66. The van der Waals surface area contributed by atoms with Gasteiger partial charge in [0.2, 0.25) is 0 Å². The molecule has 172 valence electrons. The summed E-state index contributed by atoms with van der Waals surface area (Å²) in [6.07, 6.45) is 4.98. The number of ether oxygens (including phenoxy) is 4. The van der Waals surface area contributed by atoms with Crippen molar-refractivity contribution in [2.75, 3.05) is 13.4 Å². The Morgan fingerprint density at radius 2 is 2.00 bits per heavy atom. The monoisotopic (exact) mass is 429 g/mol. The van der Waals surface area contributed by atoms with Gasteiger partial charge in [-0.15, -0.1) is 0 Å². The van der Waals surface area contributed by atoms with E-state index in [1.165, 1.54) is 11.1 Å². The summed E-state index contributed by atoms with van der Waals surface area (Å²) in [7, 11) is 0. The van der Waals surface area contributed by atoms with E-state index in [0.717, 1.165) is 37.7 Å². The molecule has 5 nitrogen and oxygen atoms in total. The molecule has 31 heavy (non-hydrogen) atoms. The van der Waals surface area contributed by atoms with E-state index in [4.69, 9.17) is 18.9 Å². The van der Waals surface area contributed by atoms with Gasteiger partial charge in [-0.25, -0.2) is 0 Å². The van der Waals surface area contributed by atoms with E-state index >= 15 is 0 Å². The van der Waals surface area contributed by atoms with Crippen molar-refractivity contribution in [2.24, 2.45) is 16.7 Å². The lowest BCUT2D eigenvalue weighted by atomic mass is 9.47. The topological polar surface area (TPSA) is 60.7 Å². The Balaban J connectivity index is 1.97. The Labute approximate surface area is 187 Å². The summed E-state index contributed by atoms with van der Waals surface area (Å²) in [6.45, 7) is 18.1.